The van der Waals surface area contributed by atoms with E-state index in [1.807, 2.05) is 0 Å². The van der Waals surface area contributed by atoms with Crippen molar-refractivity contribution in [2.75, 3.05) is 0 Å². The first-order valence-electron chi connectivity index (χ1n) is 8.98. The highest BCUT2D eigenvalue weighted by Gasteiger charge is 2.60. The lowest BCUT2D eigenvalue weighted by Crippen LogP contribution is -2.51. The average molecular weight is 301 g/mol. The molecule has 7 atom stereocenters. The summed E-state index contributed by atoms with van der Waals surface area (Å²) in [7, 11) is 0. The van der Waals surface area contributed by atoms with Crippen LogP contribution in [0.5, 0.6) is 0 Å². The fraction of sp³-hybridized carbons (Fsp3) is 0.842. The van der Waals surface area contributed by atoms with E-state index in [9.17, 15) is 15.5 Å². The lowest BCUT2D eigenvalue weighted by atomic mass is 9.48. The molecule has 0 aromatic rings. The van der Waals surface area contributed by atoms with Gasteiger partial charge in [0.05, 0.1) is 23.7 Å². The van der Waals surface area contributed by atoms with Crippen molar-refractivity contribution in [1.82, 2.24) is 0 Å². The van der Waals surface area contributed by atoms with Crippen LogP contribution in [0.4, 0.5) is 0 Å². The van der Waals surface area contributed by atoms with E-state index in [2.05, 4.69) is 19.1 Å². The predicted molar refractivity (Wildman–Crippen MR) is 83.7 cm³/mol. The van der Waals surface area contributed by atoms with Crippen LogP contribution in [-0.2, 0) is 0 Å². The topological polar surface area (TPSA) is 64.2 Å². The van der Waals surface area contributed by atoms with Gasteiger partial charge in [0.25, 0.3) is 0 Å². The van der Waals surface area contributed by atoms with Crippen molar-refractivity contribution in [3.8, 4) is 6.07 Å². The van der Waals surface area contributed by atoms with E-state index in [4.69, 9.17) is 0 Å². The zero-order chi connectivity index (χ0) is 15.5. The first-order valence-corrected chi connectivity index (χ1v) is 8.98. The molecular weight excluding hydrogens is 274 g/mol. The maximum Gasteiger partial charge on any atom is 0.0815 e. The van der Waals surface area contributed by atoms with Crippen LogP contribution >= 0.6 is 0 Å². The van der Waals surface area contributed by atoms with Crippen LogP contribution < -0.4 is 0 Å². The highest BCUT2D eigenvalue weighted by atomic mass is 16.3. The number of rotatable bonds is 0. The summed E-state index contributed by atoms with van der Waals surface area (Å²) >= 11 is 0. The van der Waals surface area contributed by atoms with Gasteiger partial charge >= 0.3 is 0 Å². The van der Waals surface area contributed by atoms with Crippen molar-refractivity contribution in [3.63, 3.8) is 0 Å². The van der Waals surface area contributed by atoms with E-state index in [1.54, 1.807) is 0 Å². The Hall–Kier alpha value is -0.850. The molecule has 3 heteroatoms. The van der Waals surface area contributed by atoms with Gasteiger partial charge in [-0.05, 0) is 74.5 Å². The minimum atomic E-state index is -0.322. The molecule has 22 heavy (non-hydrogen) atoms. The summed E-state index contributed by atoms with van der Waals surface area (Å²) in [6.45, 7) is 2.27. The van der Waals surface area contributed by atoms with Gasteiger partial charge in [-0.2, -0.15) is 5.26 Å². The fourth-order valence-electron chi connectivity index (χ4n) is 6.47. The van der Waals surface area contributed by atoms with Crippen LogP contribution in [0.1, 0.15) is 58.3 Å². The molecule has 0 radical (unpaired) electrons. The Labute approximate surface area is 133 Å². The van der Waals surface area contributed by atoms with Crippen molar-refractivity contribution in [1.29, 1.82) is 5.26 Å². The first-order chi connectivity index (χ1) is 10.5. The Morgan fingerprint density at radius 2 is 1.95 bits per heavy atom. The number of fused-ring (bicyclic) bond motifs is 5. The highest BCUT2D eigenvalue weighted by molar-refractivity contribution is 5.33. The number of hydrogen-bond donors (Lipinski definition) is 2. The zero-order valence-corrected chi connectivity index (χ0v) is 13.5. The van der Waals surface area contributed by atoms with Gasteiger partial charge < -0.3 is 10.2 Å². The van der Waals surface area contributed by atoms with E-state index < -0.39 is 0 Å². The van der Waals surface area contributed by atoms with Crippen molar-refractivity contribution >= 4 is 0 Å². The molecule has 0 aromatic heterocycles. The second-order valence-corrected chi connectivity index (χ2v) is 8.46. The summed E-state index contributed by atoms with van der Waals surface area (Å²) in [5.41, 5.74) is 0.964. The Morgan fingerprint density at radius 3 is 2.73 bits per heavy atom. The molecule has 3 saturated carbocycles. The van der Waals surface area contributed by atoms with E-state index in [1.165, 1.54) is 5.57 Å². The number of hydrogen-bond acceptors (Lipinski definition) is 3. The maximum absolute atomic E-state index is 10.4. The Morgan fingerprint density at radius 1 is 1.14 bits per heavy atom. The first kappa shape index (κ1) is 14.7. The SMILES string of the molecule is C[C@]12CC[C@H]3[C@@H](CC=C4C[C@@H](O)CC[C@@]43C#N)[C@@H]1CC[C@@H]2O. The van der Waals surface area contributed by atoms with Crippen molar-refractivity contribution in [3.05, 3.63) is 11.6 Å². The Kier molecular flexibility index (Phi) is 3.23. The molecule has 4 aliphatic carbocycles. The van der Waals surface area contributed by atoms with Gasteiger partial charge in [-0.25, -0.2) is 0 Å². The van der Waals surface area contributed by atoms with Gasteiger partial charge in [-0.3, -0.25) is 0 Å². The van der Waals surface area contributed by atoms with Crippen molar-refractivity contribution < 1.29 is 10.2 Å². The third-order valence-electron chi connectivity index (χ3n) is 7.76. The summed E-state index contributed by atoms with van der Waals surface area (Å²) < 4.78 is 0. The lowest BCUT2D eigenvalue weighted by Gasteiger charge is -2.56. The molecule has 0 spiro atoms. The Bertz CT molecular complexity index is 550. The fourth-order valence-corrected chi connectivity index (χ4v) is 6.47. The smallest absolute Gasteiger partial charge is 0.0815 e. The molecule has 0 saturated heterocycles. The van der Waals surface area contributed by atoms with Crippen LogP contribution in [-0.4, -0.2) is 22.4 Å². The standard InChI is InChI=1S/C19H27NO2/c1-18-8-7-16-14(15(18)4-5-17(18)22)3-2-12-10-13(21)6-9-19(12,16)11-20/h2,13-17,21-22H,3-10H2,1H3/t13-,14-,15-,16-,17-,18-,19+/m0/s1. The number of aliphatic hydroxyl groups is 2. The van der Waals surface area contributed by atoms with Gasteiger partial charge in [-0.1, -0.05) is 18.6 Å². The predicted octanol–water partition coefficient (Wildman–Crippen LogP) is 3.17. The normalized spacial score (nSPS) is 53.7. The molecule has 3 nitrogen and oxygen atoms in total. The Balaban J connectivity index is 1.72. The summed E-state index contributed by atoms with van der Waals surface area (Å²) in [5.74, 6) is 1.55. The highest BCUT2D eigenvalue weighted by Crippen LogP contribution is 2.64. The molecule has 0 aliphatic heterocycles. The lowest BCUT2D eigenvalue weighted by molar-refractivity contribution is -0.0626. The molecule has 2 N–H and O–H groups in total. The summed E-state index contributed by atoms with van der Waals surface area (Å²) in [6.07, 6.45) is 9.36. The third kappa shape index (κ3) is 1.74. The third-order valence-corrected chi connectivity index (χ3v) is 7.76. The molecule has 0 bridgehead atoms. The number of aliphatic hydroxyl groups excluding tert-OH is 2. The molecule has 3 fully saturated rings. The molecule has 120 valence electrons. The maximum atomic E-state index is 10.4. The van der Waals surface area contributed by atoms with Crippen LogP contribution in [0.2, 0.25) is 0 Å². The number of nitriles is 1. The molecule has 0 unspecified atom stereocenters. The quantitative estimate of drug-likeness (QED) is 0.675. The minimum absolute atomic E-state index is 0.0668. The van der Waals surface area contributed by atoms with E-state index in [0.717, 1.165) is 44.9 Å². The molecule has 4 aliphatic rings. The van der Waals surface area contributed by atoms with Gasteiger partial charge in [0.1, 0.15) is 0 Å². The van der Waals surface area contributed by atoms with Crippen LogP contribution in [0.3, 0.4) is 0 Å². The van der Waals surface area contributed by atoms with Gasteiger partial charge in [0.2, 0.25) is 0 Å². The number of allylic oxidation sites excluding steroid dienone is 1. The molecular formula is C19H27NO2. The summed E-state index contributed by atoms with van der Waals surface area (Å²) in [5, 5.41) is 30.5. The largest absolute Gasteiger partial charge is 0.393 e. The molecule has 0 amide bonds. The van der Waals surface area contributed by atoms with Crippen molar-refractivity contribution in [2.24, 2.45) is 28.6 Å². The van der Waals surface area contributed by atoms with Gasteiger partial charge in [-0.15, -0.1) is 0 Å². The second-order valence-electron chi connectivity index (χ2n) is 8.46. The van der Waals surface area contributed by atoms with Crippen LogP contribution in [0.25, 0.3) is 0 Å². The van der Waals surface area contributed by atoms with Crippen molar-refractivity contribution in [2.45, 2.75) is 70.5 Å². The van der Waals surface area contributed by atoms with Crippen LogP contribution in [0.15, 0.2) is 11.6 Å². The molecule has 0 aromatic carbocycles. The van der Waals surface area contributed by atoms with E-state index in [-0.39, 0.29) is 23.0 Å². The van der Waals surface area contributed by atoms with E-state index in [0.29, 0.717) is 24.2 Å². The molecule has 4 rings (SSSR count). The van der Waals surface area contributed by atoms with Gasteiger partial charge in [0, 0.05) is 0 Å². The minimum Gasteiger partial charge on any atom is -0.393 e. The second kappa shape index (κ2) is 4.82. The van der Waals surface area contributed by atoms with Crippen LogP contribution in [0, 0.1) is 39.9 Å². The average Bonchev–Trinajstić information content (AvgIpc) is 2.82. The summed E-state index contributed by atoms with van der Waals surface area (Å²) in [6, 6.07) is 2.70. The van der Waals surface area contributed by atoms with E-state index >= 15 is 0 Å². The number of nitrogens with zero attached hydrogens (tertiary/aromatic N) is 1. The summed E-state index contributed by atoms with van der Waals surface area (Å²) in [4.78, 5) is 0. The van der Waals surface area contributed by atoms with Gasteiger partial charge in [0.15, 0.2) is 0 Å². The zero-order valence-electron chi connectivity index (χ0n) is 13.5. The molecule has 0 heterocycles. The monoisotopic (exact) mass is 301 g/mol.